The molecule has 0 saturated heterocycles. The Balaban J connectivity index is 3.24. The molecule has 0 radical (unpaired) electrons. The molecule has 0 N–H and O–H groups in total. The van der Waals surface area contributed by atoms with Crippen LogP contribution in [0.4, 0.5) is 4.39 Å². The monoisotopic (exact) mass is 250 g/mol. The molecule has 0 aliphatic heterocycles. The van der Waals surface area contributed by atoms with Crippen molar-refractivity contribution in [2.75, 3.05) is 0 Å². The summed E-state index contributed by atoms with van der Waals surface area (Å²) in [5, 5.41) is 0. The molecule has 1 aromatic carbocycles. The summed E-state index contributed by atoms with van der Waals surface area (Å²) in [6, 6.07) is 3.32. The molecule has 0 bridgehead atoms. The number of rotatable bonds is 2. The van der Waals surface area contributed by atoms with Crippen molar-refractivity contribution in [2.45, 2.75) is 19.2 Å². The molecular formula is C9H9BrClF. The van der Waals surface area contributed by atoms with Gasteiger partial charge in [0.1, 0.15) is 5.82 Å². The maximum Gasteiger partial charge on any atom is 0.127 e. The quantitative estimate of drug-likeness (QED) is 0.700. The molecule has 1 aromatic rings. The maximum atomic E-state index is 13.2. The first kappa shape index (κ1) is 10.0. The van der Waals surface area contributed by atoms with Gasteiger partial charge in [0, 0.05) is 10.4 Å². The number of hydrogen-bond acceptors (Lipinski definition) is 0. The van der Waals surface area contributed by atoms with Gasteiger partial charge in [-0.25, -0.2) is 4.39 Å². The van der Waals surface area contributed by atoms with Gasteiger partial charge < -0.3 is 0 Å². The highest BCUT2D eigenvalue weighted by molar-refractivity contribution is 9.10. The van der Waals surface area contributed by atoms with Crippen LogP contribution in [0, 0.1) is 5.82 Å². The van der Waals surface area contributed by atoms with E-state index in [1.807, 2.05) is 13.0 Å². The smallest absolute Gasteiger partial charge is 0.127 e. The lowest BCUT2D eigenvalue weighted by molar-refractivity contribution is 0.609. The van der Waals surface area contributed by atoms with E-state index in [-0.39, 0.29) is 5.82 Å². The Morgan fingerprint density at radius 3 is 2.67 bits per heavy atom. The topological polar surface area (TPSA) is 0 Å². The fourth-order valence-electron chi connectivity index (χ4n) is 1.17. The summed E-state index contributed by atoms with van der Waals surface area (Å²) in [5.74, 6) is 0.182. The van der Waals surface area contributed by atoms with E-state index in [2.05, 4.69) is 15.9 Å². The molecule has 12 heavy (non-hydrogen) atoms. The molecule has 1 rings (SSSR count). The first-order valence-corrected chi connectivity index (χ1v) is 5.04. The molecule has 3 heteroatoms. The van der Waals surface area contributed by atoms with E-state index in [0.717, 1.165) is 10.0 Å². The van der Waals surface area contributed by atoms with Gasteiger partial charge in [-0.2, -0.15) is 0 Å². The van der Waals surface area contributed by atoms with Gasteiger partial charge in [-0.15, -0.1) is 11.6 Å². The minimum atomic E-state index is -0.178. The van der Waals surface area contributed by atoms with Crippen LogP contribution in [-0.4, -0.2) is 0 Å². The molecule has 0 aliphatic rings. The van der Waals surface area contributed by atoms with Gasteiger partial charge in [-0.3, -0.25) is 0 Å². The molecule has 0 amide bonds. The Bertz CT molecular complexity index is 286. The number of hydrogen-bond donors (Lipinski definition) is 0. The second-order valence-corrected chi connectivity index (χ2v) is 3.70. The van der Waals surface area contributed by atoms with Crippen molar-refractivity contribution in [3.63, 3.8) is 0 Å². The summed E-state index contributed by atoms with van der Waals surface area (Å²) in [7, 11) is 0. The van der Waals surface area contributed by atoms with E-state index >= 15 is 0 Å². The lowest BCUT2D eigenvalue weighted by Crippen LogP contribution is -1.94. The Morgan fingerprint density at radius 2 is 2.17 bits per heavy atom. The summed E-state index contributed by atoms with van der Waals surface area (Å²) in [5.41, 5.74) is 1.58. The van der Waals surface area contributed by atoms with Crippen LogP contribution < -0.4 is 0 Å². The molecule has 0 saturated carbocycles. The van der Waals surface area contributed by atoms with Gasteiger partial charge in [-0.05, 0) is 29.7 Å². The number of halogens is 3. The Morgan fingerprint density at radius 1 is 1.50 bits per heavy atom. The van der Waals surface area contributed by atoms with E-state index < -0.39 is 0 Å². The Labute approximate surface area is 84.9 Å². The Kier molecular flexibility index (Phi) is 3.53. The third kappa shape index (κ3) is 1.99. The van der Waals surface area contributed by atoms with E-state index in [0.29, 0.717) is 17.9 Å². The summed E-state index contributed by atoms with van der Waals surface area (Å²) >= 11 is 8.89. The minimum absolute atomic E-state index is 0.178. The number of benzene rings is 1. The van der Waals surface area contributed by atoms with E-state index in [9.17, 15) is 4.39 Å². The van der Waals surface area contributed by atoms with E-state index in [1.54, 1.807) is 0 Å². The molecule has 0 unspecified atom stereocenters. The molecule has 0 heterocycles. The Hall–Kier alpha value is -0.0800. The second kappa shape index (κ2) is 4.24. The van der Waals surface area contributed by atoms with Gasteiger partial charge in [0.2, 0.25) is 0 Å². The largest absolute Gasteiger partial charge is 0.207 e. The van der Waals surface area contributed by atoms with Crippen LogP contribution in [0.15, 0.2) is 16.6 Å². The highest BCUT2D eigenvalue weighted by atomic mass is 79.9. The van der Waals surface area contributed by atoms with Gasteiger partial charge in [0.25, 0.3) is 0 Å². The highest BCUT2D eigenvalue weighted by Gasteiger charge is 2.06. The van der Waals surface area contributed by atoms with Crippen molar-refractivity contribution in [3.8, 4) is 0 Å². The lowest BCUT2D eigenvalue weighted by Gasteiger charge is -2.06. The fourth-order valence-corrected chi connectivity index (χ4v) is 1.89. The van der Waals surface area contributed by atoms with Crippen LogP contribution in [0.1, 0.15) is 18.1 Å². The fraction of sp³-hybridized carbons (Fsp3) is 0.333. The standard InChI is InChI=1S/C9H9BrClF/c1-2-8-6(5-11)3-7(10)4-9(8)12/h3-4H,2,5H2,1H3. The van der Waals surface area contributed by atoms with E-state index in [1.165, 1.54) is 6.07 Å². The molecule has 0 nitrogen and oxygen atoms in total. The molecular weight excluding hydrogens is 242 g/mol. The summed E-state index contributed by atoms with van der Waals surface area (Å²) in [6.45, 7) is 1.92. The summed E-state index contributed by atoms with van der Waals surface area (Å²) < 4.78 is 14.0. The molecule has 66 valence electrons. The third-order valence-corrected chi connectivity index (χ3v) is 2.50. The van der Waals surface area contributed by atoms with Crippen molar-refractivity contribution in [3.05, 3.63) is 33.5 Å². The molecule has 0 aromatic heterocycles. The van der Waals surface area contributed by atoms with Crippen molar-refractivity contribution in [1.82, 2.24) is 0 Å². The van der Waals surface area contributed by atoms with Gasteiger partial charge in [0.15, 0.2) is 0 Å². The first-order chi connectivity index (χ1) is 5.69. The zero-order chi connectivity index (χ0) is 9.14. The van der Waals surface area contributed by atoms with Crippen molar-refractivity contribution in [1.29, 1.82) is 0 Å². The van der Waals surface area contributed by atoms with E-state index in [4.69, 9.17) is 11.6 Å². The third-order valence-electron chi connectivity index (χ3n) is 1.75. The minimum Gasteiger partial charge on any atom is -0.207 e. The average Bonchev–Trinajstić information content (AvgIpc) is 2.03. The summed E-state index contributed by atoms with van der Waals surface area (Å²) in [6.07, 6.45) is 0.682. The van der Waals surface area contributed by atoms with Crippen LogP contribution in [-0.2, 0) is 12.3 Å². The number of alkyl halides is 1. The predicted octanol–water partition coefficient (Wildman–Crippen LogP) is 3.89. The van der Waals surface area contributed by atoms with Crippen molar-refractivity contribution < 1.29 is 4.39 Å². The van der Waals surface area contributed by atoms with Crippen LogP contribution in [0.2, 0.25) is 0 Å². The van der Waals surface area contributed by atoms with Gasteiger partial charge in [-0.1, -0.05) is 22.9 Å². The van der Waals surface area contributed by atoms with Crippen LogP contribution in [0.3, 0.4) is 0 Å². The van der Waals surface area contributed by atoms with Crippen molar-refractivity contribution >= 4 is 27.5 Å². The van der Waals surface area contributed by atoms with Crippen molar-refractivity contribution in [2.24, 2.45) is 0 Å². The second-order valence-electron chi connectivity index (χ2n) is 2.51. The molecule has 0 fully saturated rings. The lowest BCUT2D eigenvalue weighted by atomic mass is 10.1. The van der Waals surface area contributed by atoms with Gasteiger partial charge >= 0.3 is 0 Å². The maximum absolute atomic E-state index is 13.2. The molecule has 0 spiro atoms. The SMILES string of the molecule is CCc1c(F)cc(Br)cc1CCl. The predicted molar refractivity (Wildman–Crippen MR) is 53.0 cm³/mol. The van der Waals surface area contributed by atoms with Crippen LogP contribution >= 0.6 is 27.5 Å². The van der Waals surface area contributed by atoms with Crippen LogP contribution in [0.25, 0.3) is 0 Å². The normalized spacial score (nSPS) is 10.3. The van der Waals surface area contributed by atoms with Crippen LogP contribution in [0.5, 0.6) is 0 Å². The first-order valence-electron chi connectivity index (χ1n) is 3.71. The summed E-state index contributed by atoms with van der Waals surface area (Å²) in [4.78, 5) is 0. The molecule has 0 aliphatic carbocycles. The average molecular weight is 252 g/mol. The van der Waals surface area contributed by atoms with Gasteiger partial charge in [0.05, 0.1) is 0 Å². The zero-order valence-corrected chi connectivity index (χ0v) is 9.04. The molecule has 0 atom stereocenters. The zero-order valence-electron chi connectivity index (χ0n) is 6.70. The highest BCUT2D eigenvalue weighted by Crippen LogP contribution is 2.22.